The van der Waals surface area contributed by atoms with Gasteiger partial charge in [-0.15, -0.1) is 0 Å². The number of ether oxygens (including phenoxy) is 2. The summed E-state index contributed by atoms with van der Waals surface area (Å²) in [5.41, 5.74) is 4.68. The minimum atomic E-state index is -0.831. The molecule has 3 unspecified atom stereocenters. The maximum absolute atomic E-state index is 12.8. The van der Waals surface area contributed by atoms with E-state index in [4.69, 9.17) is 15.2 Å². The molecule has 0 amide bonds. The third kappa shape index (κ3) is 7.72. The van der Waals surface area contributed by atoms with E-state index in [9.17, 15) is 9.90 Å². The Labute approximate surface area is 152 Å². The summed E-state index contributed by atoms with van der Waals surface area (Å²) in [5.74, 6) is 0.948. The highest BCUT2D eigenvalue weighted by molar-refractivity contribution is 7.99. The highest BCUT2D eigenvalue weighted by Crippen LogP contribution is 2.41. The zero-order valence-corrected chi connectivity index (χ0v) is 17.5. The number of thioether (sulfide) groups is 1. The van der Waals surface area contributed by atoms with E-state index in [2.05, 4.69) is 20.8 Å². The van der Waals surface area contributed by atoms with Gasteiger partial charge in [0, 0.05) is 24.2 Å². The Kier molecular flexibility index (Phi) is 9.29. The van der Waals surface area contributed by atoms with Crippen LogP contribution in [0.5, 0.6) is 0 Å². The molecule has 0 saturated carbocycles. The van der Waals surface area contributed by atoms with Gasteiger partial charge in [-0.3, -0.25) is 4.79 Å². The molecule has 0 aromatic carbocycles. The van der Waals surface area contributed by atoms with E-state index in [-0.39, 0.29) is 11.4 Å². The molecule has 6 heteroatoms. The summed E-state index contributed by atoms with van der Waals surface area (Å²) in [5, 5.41) is 10.2. The Balaban J connectivity index is 4.88. The molecule has 24 heavy (non-hydrogen) atoms. The Hall–Kier alpha value is -0.300. The predicted octanol–water partition coefficient (Wildman–Crippen LogP) is 2.84. The first-order valence-corrected chi connectivity index (χ1v) is 9.65. The van der Waals surface area contributed by atoms with Gasteiger partial charge in [0.25, 0.3) is 0 Å². The van der Waals surface area contributed by atoms with Crippen molar-refractivity contribution in [2.24, 2.45) is 16.6 Å². The number of aliphatic hydroxyl groups excluding tert-OH is 1. The SMILES string of the molecule is COCCSCC(O)C(C)OC(=O)C(C)(CC(C)(C)C)C(C)(C)N. The molecule has 0 bridgehead atoms. The first-order chi connectivity index (χ1) is 10.7. The van der Waals surface area contributed by atoms with Gasteiger partial charge in [-0.05, 0) is 39.5 Å². The largest absolute Gasteiger partial charge is 0.459 e. The lowest BCUT2D eigenvalue weighted by Crippen LogP contribution is -2.56. The van der Waals surface area contributed by atoms with Gasteiger partial charge >= 0.3 is 5.97 Å². The number of methoxy groups -OCH3 is 1. The van der Waals surface area contributed by atoms with E-state index < -0.39 is 23.2 Å². The number of hydrogen-bond acceptors (Lipinski definition) is 6. The van der Waals surface area contributed by atoms with Gasteiger partial charge < -0.3 is 20.3 Å². The minimum absolute atomic E-state index is 0.0672. The van der Waals surface area contributed by atoms with Crippen molar-refractivity contribution in [1.82, 2.24) is 0 Å². The number of nitrogens with two attached hydrogens (primary N) is 1. The van der Waals surface area contributed by atoms with Gasteiger partial charge in [0.15, 0.2) is 0 Å². The molecule has 0 aliphatic rings. The van der Waals surface area contributed by atoms with Gasteiger partial charge in [0.2, 0.25) is 0 Å². The maximum Gasteiger partial charge on any atom is 0.314 e. The van der Waals surface area contributed by atoms with Crippen LogP contribution in [0.1, 0.15) is 54.9 Å². The first-order valence-electron chi connectivity index (χ1n) is 8.49. The van der Waals surface area contributed by atoms with Crippen molar-refractivity contribution in [1.29, 1.82) is 0 Å². The molecule has 3 atom stereocenters. The van der Waals surface area contributed by atoms with Crippen molar-refractivity contribution in [3.05, 3.63) is 0 Å². The first kappa shape index (κ1) is 23.7. The maximum atomic E-state index is 12.8. The fourth-order valence-electron chi connectivity index (χ4n) is 2.48. The van der Waals surface area contributed by atoms with Crippen LogP contribution < -0.4 is 5.73 Å². The molecule has 0 aromatic heterocycles. The van der Waals surface area contributed by atoms with Gasteiger partial charge in [0.05, 0.1) is 18.1 Å². The van der Waals surface area contributed by atoms with E-state index in [1.807, 2.05) is 20.8 Å². The van der Waals surface area contributed by atoms with Crippen LogP contribution in [0.15, 0.2) is 0 Å². The lowest BCUT2D eigenvalue weighted by Gasteiger charge is -2.43. The molecule has 0 fully saturated rings. The summed E-state index contributed by atoms with van der Waals surface area (Å²) >= 11 is 1.57. The number of rotatable bonds is 10. The Morgan fingerprint density at radius 1 is 1.21 bits per heavy atom. The quantitative estimate of drug-likeness (QED) is 0.459. The zero-order chi connectivity index (χ0) is 19.2. The summed E-state index contributed by atoms with van der Waals surface area (Å²) in [7, 11) is 1.64. The summed E-state index contributed by atoms with van der Waals surface area (Å²) in [6.07, 6.45) is -0.682. The molecule has 0 heterocycles. The molecule has 0 aliphatic carbocycles. The number of carbonyl (C=O) groups is 1. The summed E-state index contributed by atoms with van der Waals surface area (Å²) in [6, 6.07) is 0. The summed E-state index contributed by atoms with van der Waals surface area (Å²) < 4.78 is 10.6. The number of esters is 1. The summed E-state index contributed by atoms with van der Waals surface area (Å²) in [4.78, 5) is 12.8. The fraction of sp³-hybridized carbons (Fsp3) is 0.944. The van der Waals surface area contributed by atoms with Crippen LogP contribution in [0.4, 0.5) is 0 Å². The second kappa shape index (κ2) is 9.41. The normalized spacial score (nSPS) is 17.9. The van der Waals surface area contributed by atoms with Crippen molar-refractivity contribution in [3.8, 4) is 0 Å². The van der Waals surface area contributed by atoms with Crippen molar-refractivity contribution in [3.63, 3.8) is 0 Å². The summed E-state index contributed by atoms with van der Waals surface area (Å²) in [6.45, 7) is 14.1. The van der Waals surface area contributed by atoms with Crippen LogP contribution in [0.2, 0.25) is 0 Å². The van der Waals surface area contributed by atoms with Crippen LogP contribution in [-0.2, 0) is 14.3 Å². The van der Waals surface area contributed by atoms with E-state index in [1.165, 1.54) is 0 Å². The van der Waals surface area contributed by atoms with Crippen LogP contribution in [0.3, 0.4) is 0 Å². The fourth-order valence-corrected chi connectivity index (χ4v) is 3.45. The molecule has 5 nitrogen and oxygen atoms in total. The number of aliphatic hydroxyl groups is 1. The Bertz CT molecular complexity index is 389. The van der Waals surface area contributed by atoms with Crippen LogP contribution in [0.25, 0.3) is 0 Å². The van der Waals surface area contributed by atoms with Crippen LogP contribution >= 0.6 is 11.8 Å². The second-order valence-corrected chi connectivity index (χ2v) is 9.69. The van der Waals surface area contributed by atoms with Crippen molar-refractivity contribution >= 4 is 17.7 Å². The van der Waals surface area contributed by atoms with E-state index >= 15 is 0 Å². The zero-order valence-electron chi connectivity index (χ0n) is 16.6. The average molecular weight is 364 g/mol. The average Bonchev–Trinajstić information content (AvgIpc) is 2.39. The van der Waals surface area contributed by atoms with Gasteiger partial charge in [-0.1, -0.05) is 20.8 Å². The molecule has 144 valence electrons. The van der Waals surface area contributed by atoms with E-state index in [1.54, 1.807) is 25.8 Å². The molecule has 0 aromatic rings. The predicted molar refractivity (Wildman–Crippen MR) is 101 cm³/mol. The molecular formula is C18H37NO4S. The van der Waals surface area contributed by atoms with Gasteiger partial charge in [-0.2, -0.15) is 11.8 Å². The molecule has 0 rings (SSSR count). The lowest BCUT2D eigenvalue weighted by molar-refractivity contribution is -0.170. The highest BCUT2D eigenvalue weighted by Gasteiger charge is 2.49. The minimum Gasteiger partial charge on any atom is -0.459 e. The second-order valence-electron chi connectivity index (χ2n) is 8.54. The highest BCUT2D eigenvalue weighted by atomic mass is 32.2. The molecule has 0 saturated heterocycles. The third-order valence-corrected chi connectivity index (χ3v) is 5.34. The van der Waals surface area contributed by atoms with Gasteiger partial charge in [-0.25, -0.2) is 0 Å². The number of hydrogen-bond donors (Lipinski definition) is 2. The van der Waals surface area contributed by atoms with Crippen molar-refractivity contribution in [2.75, 3.05) is 25.2 Å². The van der Waals surface area contributed by atoms with Gasteiger partial charge in [0.1, 0.15) is 6.10 Å². The Morgan fingerprint density at radius 2 is 1.75 bits per heavy atom. The topological polar surface area (TPSA) is 81.8 Å². The molecule has 3 N–H and O–H groups in total. The monoisotopic (exact) mass is 363 g/mol. The van der Waals surface area contributed by atoms with Crippen LogP contribution in [-0.4, -0.2) is 54.0 Å². The Morgan fingerprint density at radius 3 is 2.17 bits per heavy atom. The van der Waals surface area contributed by atoms with Crippen molar-refractivity contribution in [2.45, 2.75) is 72.6 Å². The standard InChI is InChI=1S/C18H37NO4S/c1-13(14(20)11-24-10-9-22-8)23-15(21)18(7,17(5,6)19)12-16(2,3)4/h13-14,20H,9-12,19H2,1-8H3. The molecular weight excluding hydrogens is 326 g/mol. The van der Waals surface area contributed by atoms with E-state index in [0.29, 0.717) is 18.8 Å². The van der Waals surface area contributed by atoms with E-state index in [0.717, 1.165) is 5.75 Å². The number of carbonyl (C=O) groups excluding carboxylic acids is 1. The third-order valence-electron chi connectivity index (χ3n) is 4.31. The van der Waals surface area contributed by atoms with Crippen molar-refractivity contribution < 1.29 is 19.4 Å². The van der Waals surface area contributed by atoms with Crippen LogP contribution in [0, 0.1) is 10.8 Å². The molecule has 0 spiro atoms. The molecule has 0 radical (unpaired) electrons. The molecule has 0 aliphatic heterocycles. The smallest absolute Gasteiger partial charge is 0.314 e. The lowest BCUT2D eigenvalue weighted by atomic mass is 9.65.